The van der Waals surface area contributed by atoms with E-state index in [0.29, 0.717) is 0 Å². The molecular formula is C18H22O4. The topological polar surface area (TPSA) is 36.9 Å². The van der Waals surface area contributed by atoms with E-state index in [4.69, 9.17) is 18.9 Å². The van der Waals surface area contributed by atoms with Gasteiger partial charge in [0.1, 0.15) is 23.0 Å². The van der Waals surface area contributed by atoms with Gasteiger partial charge in [-0.3, -0.25) is 0 Å². The number of benzene rings is 2. The Hall–Kier alpha value is -2.36. The van der Waals surface area contributed by atoms with E-state index in [1.807, 2.05) is 38.1 Å². The Morgan fingerprint density at radius 3 is 1.05 bits per heavy atom. The first-order chi connectivity index (χ1) is 10.6. The molecule has 22 heavy (non-hydrogen) atoms. The lowest BCUT2D eigenvalue weighted by Crippen LogP contribution is -2.00. The molecule has 4 nitrogen and oxygen atoms in total. The second-order valence-electron chi connectivity index (χ2n) is 4.94. The van der Waals surface area contributed by atoms with Crippen LogP contribution in [0.3, 0.4) is 0 Å². The van der Waals surface area contributed by atoms with Gasteiger partial charge >= 0.3 is 0 Å². The van der Waals surface area contributed by atoms with E-state index in [-0.39, 0.29) is 0 Å². The van der Waals surface area contributed by atoms with Gasteiger partial charge in [-0.15, -0.1) is 0 Å². The summed E-state index contributed by atoms with van der Waals surface area (Å²) < 4.78 is 22.0. The van der Waals surface area contributed by atoms with Crippen LogP contribution in [0.25, 0.3) is 11.1 Å². The molecule has 0 aliphatic carbocycles. The summed E-state index contributed by atoms with van der Waals surface area (Å²) in [5, 5.41) is 0. The van der Waals surface area contributed by atoms with Crippen molar-refractivity contribution in [2.75, 3.05) is 28.4 Å². The normalized spacial score (nSPS) is 10.3. The van der Waals surface area contributed by atoms with Crippen molar-refractivity contribution >= 4 is 0 Å². The summed E-state index contributed by atoms with van der Waals surface area (Å²) in [5.41, 5.74) is 3.90. The van der Waals surface area contributed by atoms with Gasteiger partial charge in [0.15, 0.2) is 0 Å². The summed E-state index contributed by atoms with van der Waals surface area (Å²) in [6, 6.07) is 7.61. The van der Waals surface area contributed by atoms with Crippen molar-refractivity contribution in [2.45, 2.75) is 13.8 Å². The first-order valence-corrected chi connectivity index (χ1v) is 7.02. The molecule has 118 valence electrons. The second kappa shape index (κ2) is 6.60. The molecule has 2 rings (SSSR count). The summed E-state index contributed by atoms with van der Waals surface area (Å²) in [6.45, 7) is 4.02. The van der Waals surface area contributed by atoms with Gasteiger partial charge in [-0.1, -0.05) is 0 Å². The van der Waals surface area contributed by atoms with Gasteiger partial charge in [-0.2, -0.15) is 0 Å². The Morgan fingerprint density at radius 2 is 0.773 bits per heavy atom. The first-order valence-electron chi connectivity index (χ1n) is 7.02. The van der Waals surface area contributed by atoms with Crippen molar-refractivity contribution < 1.29 is 18.9 Å². The predicted molar refractivity (Wildman–Crippen MR) is 87.6 cm³/mol. The molecule has 0 fully saturated rings. The van der Waals surface area contributed by atoms with Gasteiger partial charge < -0.3 is 18.9 Å². The van der Waals surface area contributed by atoms with Crippen molar-refractivity contribution in [2.24, 2.45) is 0 Å². The smallest absolute Gasteiger partial charge is 0.127 e. The third-order valence-corrected chi connectivity index (χ3v) is 3.88. The minimum absolute atomic E-state index is 0.771. The van der Waals surface area contributed by atoms with Crippen LogP contribution in [0.4, 0.5) is 0 Å². The highest BCUT2D eigenvalue weighted by Crippen LogP contribution is 2.45. The molecular weight excluding hydrogens is 280 g/mol. The maximum atomic E-state index is 5.56. The fraction of sp³-hybridized carbons (Fsp3) is 0.333. The van der Waals surface area contributed by atoms with Crippen molar-refractivity contribution in [3.8, 4) is 34.1 Å². The molecule has 4 heteroatoms. The van der Waals surface area contributed by atoms with Crippen LogP contribution in [0.5, 0.6) is 23.0 Å². The van der Waals surface area contributed by atoms with Crippen LogP contribution in [0.2, 0.25) is 0 Å². The van der Waals surface area contributed by atoms with Crippen LogP contribution in [-0.2, 0) is 0 Å². The van der Waals surface area contributed by atoms with E-state index >= 15 is 0 Å². The first kappa shape index (κ1) is 16.0. The SMILES string of the molecule is COc1ccc(OC)c(-c2c(OC)ccc(OC)c2C)c1C. The molecule has 0 saturated heterocycles. The predicted octanol–water partition coefficient (Wildman–Crippen LogP) is 4.00. The zero-order valence-corrected chi connectivity index (χ0v) is 13.9. The number of rotatable bonds is 5. The standard InChI is InChI=1S/C18H22O4/c1-11-13(19-3)7-9-15(21-5)17(11)18-12(2)14(20-4)8-10-16(18)22-6/h7-10H,1-6H3. The Kier molecular flexibility index (Phi) is 4.81. The molecule has 0 radical (unpaired) electrons. The third kappa shape index (κ3) is 2.56. The monoisotopic (exact) mass is 302 g/mol. The molecule has 0 amide bonds. The molecule has 0 bridgehead atoms. The largest absolute Gasteiger partial charge is 0.496 e. The quantitative estimate of drug-likeness (QED) is 0.836. The Balaban J connectivity index is 2.86. The third-order valence-electron chi connectivity index (χ3n) is 3.88. The van der Waals surface area contributed by atoms with Gasteiger partial charge in [0, 0.05) is 22.3 Å². The van der Waals surface area contributed by atoms with E-state index in [2.05, 4.69) is 0 Å². The summed E-state index contributed by atoms with van der Waals surface area (Å²) in [6.07, 6.45) is 0. The summed E-state index contributed by atoms with van der Waals surface area (Å²) >= 11 is 0. The van der Waals surface area contributed by atoms with Gasteiger partial charge in [0.2, 0.25) is 0 Å². The number of hydrogen-bond acceptors (Lipinski definition) is 4. The van der Waals surface area contributed by atoms with E-state index in [0.717, 1.165) is 45.3 Å². The Labute approximate surface area is 131 Å². The molecule has 0 unspecified atom stereocenters. The van der Waals surface area contributed by atoms with Crippen molar-refractivity contribution in [1.82, 2.24) is 0 Å². The lowest BCUT2D eigenvalue weighted by Gasteiger charge is -2.20. The highest BCUT2D eigenvalue weighted by atomic mass is 16.5. The molecule has 0 aliphatic heterocycles. The van der Waals surface area contributed by atoms with Crippen LogP contribution in [0.15, 0.2) is 24.3 Å². The fourth-order valence-electron chi connectivity index (χ4n) is 2.74. The highest BCUT2D eigenvalue weighted by Gasteiger charge is 2.21. The van der Waals surface area contributed by atoms with Crippen LogP contribution >= 0.6 is 0 Å². The minimum Gasteiger partial charge on any atom is -0.496 e. The molecule has 0 N–H and O–H groups in total. The van der Waals surface area contributed by atoms with Crippen molar-refractivity contribution in [3.05, 3.63) is 35.4 Å². The zero-order valence-electron chi connectivity index (χ0n) is 13.9. The van der Waals surface area contributed by atoms with Gasteiger partial charge in [-0.05, 0) is 38.1 Å². The maximum Gasteiger partial charge on any atom is 0.127 e. The molecule has 0 saturated carbocycles. The fourth-order valence-corrected chi connectivity index (χ4v) is 2.74. The lowest BCUT2D eigenvalue weighted by atomic mass is 9.93. The van der Waals surface area contributed by atoms with Gasteiger partial charge in [-0.25, -0.2) is 0 Å². The van der Waals surface area contributed by atoms with Gasteiger partial charge in [0.05, 0.1) is 28.4 Å². The molecule has 0 aromatic heterocycles. The average molecular weight is 302 g/mol. The number of methoxy groups -OCH3 is 4. The van der Waals surface area contributed by atoms with E-state index in [1.165, 1.54) is 0 Å². The van der Waals surface area contributed by atoms with Crippen LogP contribution < -0.4 is 18.9 Å². The number of ether oxygens (including phenoxy) is 4. The second-order valence-corrected chi connectivity index (χ2v) is 4.94. The van der Waals surface area contributed by atoms with Gasteiger partial charge in [0.25, 0.3) is 0 Å². The van der Waals surface area contributed by atoms with E-state index in [9.17, 15) is 0 Å². The van der Waals surface area contributed by atoms with Crippen molar-refractivity contribution in [1.29, 1.82) is 0 Å². The maximum absolute atomic E-state index is 5.56. The Bertz CT molecular complexity index is 618. The summed E-state index contributed by atoms with van der Waals surface area (Å²) in [7, 11) is 6.64. The molecule has 0 atom stereocenters. The molecule has 0 heterocycles. The zero-order chi connectivity index (χ0) is 16.3. The van der Waals surface area contributed by atoms with E-state index < -0.39 is 0 Å². The molecule has 2 aromatic carbocycles. The average Bonchev–Trinajstić information content (AvgIpc) is 2.54. The minimum atomic E-state index is 0.771. The van der Waals surface area contributed by atoms with Crippen LogP contribution in [-0.4, -0.2) is 28.4 Å². The summed E-state index contributed by atoms with van der Waals surface area (Å²) in [4.78, 5) is 0. The highest BCUT2D eigenvalue weighted by molar-refractivity contribution is 5.84. The van der Waals surface area contributed by atoms with E-state index in [1.54, 1.807) is 28.4 Å². The molecule has 0 spiro atoms. The van der Waals surface area contributed by atoms with Crippen LogP contribution in [0.1, 0.15) is 11.1 Å². The lowest BCUT2D eigenvalue weighted by molar-refractivity contribution is 0.396. The molecule has 0 aliphatic rings. The Morgan fingerprint density at radius 1 is 0.500 bits per heavy atom. The number of hydrogen-bond donors (Lipinski definition) is 0. The molecule has 2 aromatic rings. The van der Waals surface area contributed by atoms with Crippen molar-refractivity contribution in [3.63, 3.8) is 0 Å². The summed E-state index contributed by atoms with van der Waals surface area (Å²) in [5.74, 6) is 3.15. The van der Waals surface area contributed by atoms with Crippen LogP contribution in [0, 0.1) is 13.8 Å².